The number of thiophene rings is 3. The zero-order chi connectivity index (χ0) is 19.3. The summed E-state index contributed by atoms with van der Waals surface area (Å²) in [5.74, 6) is 0. The molecule has 27 heavy (non-hydrogen) atoms. The lowest BCUT2D eigenvalue weighted by Crippen LogP contribution is -1.85. The van der Waals surface area contributed by atoms with Crippen molar-refractivity contribution < 1.29 is 0 Å². The van der Waals surface area contributed by atoms with Crippen LogP contribution < -0.4 is 0 Å². The van der Waals surface area contributed by atoms with Crippen LogP contribution in [0, 0.1) is 41.5 Å². The summed E-state index contributed by atoms with van der Waals surface area (Å²) in [6.45, 7) is 13.5. The van der Waals surface area contributed by atoms with Gasteiger partial charge in [-0.2, -0.15) is 0 Å². The van der Waals surface area contributed by atoms with E-state index in [1.807, 2.05) is 34.0 Å². The highest BCUT2D eigenvalue weighted by atomic mass is 32.1. The standard InChI is InChI=1S/C24H24S3/c1-13-9-7-8-10-19(13)23-16(4)22(20-11-14(2)25-17(20)5)24(27-23)21-12-15(3)26-18(21)6/h7-12H,1-6H3. The minimum atomic E-state index is 1.34. The predicted octanol–water partition coefficient (Wildman–Crippen LogP) is 8.72. The highest BCUT2D eigenvalue weighted by Crippen LogP contribution is 2.50. The van der Waals surface area contributed by atoms with Crippen LogP contribution in [-0.2, 0) is 0 Å². The van der Waals surface area contributed by atoms with E-state index >= 15 is 0 Å². The number of aryl methyl sites for hydroxylation is 5. The molecule has 0 aliphatic heterocycles. The lowest BCUT2D eigenvalue weighted by atomic mass is 9.96. The van der Waals surface area contributed by atoms with E-state index in [4.69, 9.17) is 0 Å². The first-order valence-electron chi connectivity index (χ1n) is 9.21. The largest absolute Gasteiger partial charge is 0.145 e. The van der Waals surface area contributed by atoms with Gasteiger partial charge in [0.2, 0.25) is 0 Å². The quantitative estimate of drug-likeness (QED) is 0.318. The van der Waals surface area contributed by atoms with Crippen LogP contribution in [0.3, 0.4) is 0 Å². The molecule has 4 rings (SSSR count). The highest BCUT2D eigenvalue weighted by Gasteiger charge is 2.23. The summed E-state index contributed by atoms with van der Waals surface area (Å²) in [5.41, 5.74) is 8.36. The molecule has 0 aliphatic carbocycles. The molecular weight excluding hydrogens is 384 g/mol. The third kappa shape index (κ3) is 3.22. The van der Waals surface area contributed by atoms with Crippen LogP contribution in [-0.4, -0.2) is 0 Å². The van der Waals surface area contributed by atoms with E-state index in [1.165, 1.54) is 62.6 Å². The number of hydrogen-bond donors (Lipinski definition) is 0. The molecular formula is C24H24S3. The Balaban J connectivity index is 2.05. The number of hydrogen-bond acceptors (Lipinski definition) is 3. The Hall–Kier alpha value is -1.68. The molecule has 4 aromatic rings. The van der Waals surface area contributed by atoms with E-state index in [0.717, 1.165) is 0 Å². The Morgan fingerprint density at radius 1 is 0.593 bits per heavy atom. The molecule has 1 aromatic carbocycles. The average molecular weight is 409 g/mol. The van der Waals surface area contributed by atoms with Gasteiger partial charge >= 0.3 is 0 Å². The second kappa shape index (κ2) is 7.05. The number of benzene rings is 1. The van der Waals surface area contributed by atoms with Gasteiger partial charge in [-0.3, -0.25) is 0 Å². The molecule has 0 radical (unpaired) electrons. The molecule has 0 bridgehead atoms. The smallest absolute Gasteiger partial charge is 0.0442 e. The van der Waals surface area contributed by atoms with Gasteiger partial charge in [0.1, 0.15) is 0 Å². The van der Waals surface area contributed by atoms with Crippen molar-refractivity contribution >= 4 is 34.0 Å². The molecule has 0 atom stereocenters. The van der Waals surface area contributed by atoms with Crippen molar-refractivity contribution in [2.24, 2.45) is 0 Å². The van der Waals surface area contributed by atoms with Gasteiger partial charge in [-0.25, -0.2) is 0 Å². The molecule has 0 aliphatic rings. The molecule has 0 saturated heterocycles. The molecule has 3 heterocycles. The third-order valence-electron chi connectivity index (χ3n) is 5.13. The summed E-state index contributed by atoms with van der Waals surface area (Å²) in [6.07, 6.45) is 0. The second-order valence-corrected chi connectivity index (χ2v) is 11.2. The molecule has 0 unspecified atom stereocenters. The van der Waals surface area contributed by atoms with Gasteiger partial charge in [0.15, 0.2) is 0 Å². The molecule has 0 fully saturated rings. The maximum Gasteiger partial charge on any atom is 0.0442 e. The molecule has 0 saturated carbocycles. The van der Waals surface area contributed by atoms with E-state index in [2.05, 4.69) is 77.9 Å². The lowest BCUT2D eigenvalue weighted by Gasteiger charge is -2.07. The summed E-state index contributed by atoms with van der Waals surface area (Å²) in [4.78, 5) is 8.43. The zero-order valence-corrected chi connectivity index (χ0v) is 19.1. The van der Waals surface area contributed by atoms with Gasteiger partial charge in [-0.1, -0.05) is 24.3 Å². The molecule has 0 amide bonds. The minimum absolute atomic E-state index is 1.34. The molecule has 3 aromatic heterocycles. The SMILES string of the molecule is Cc1cc(-c2sc(-c3ccccc3C)c(C)c2-c2cc(C)sc2C)c(C)s1. The fourth-order valence-corrected chi connectivity index (χ4v) is 7.26. The fraction of sp³-hybridized carbons (Fsp3) is 0.250. The summed E-state index contributed by atoms with van der Waals surface area (Å²) < 4.78 is 0. The first-order valence-corrected chi connectivity index (χ1v) is 11.7. The van der Waals surface area contributed by atoms with Crippen LogP contribution in [0.5, 0.6) is 0 Å². The van der Waals surface area contributed by atoms with Gasteiger partial charge in [0.25, 0.3) is 0 Å². The molecule has 138 valence electrons. The van der Waals surface area contributed by atoms with Crippen molar-refractivity contribution in [1.29, 1.82) is 0 Å². The summed E-state index contributed by atoms with van der Waals surface area (Å²) >= 11 is 5.76. The molecule has 0 spiro atoms. The van der Waals surface area contributed by atoms with Gasteiger partial charge in [0, 0.05) is 40.4 Å². The van der Waals surface area contributed by atoms with Crippen molar-refractivity contribution in [2.45, 2.75) is 41.5 Å². The van der Waals surface area contributed by atoms with Crippen molar-refractivity contribution in [3.8, 4) is 32.0 Å². The van der Waals surface area contributed by atoms with E-state index in [0.29, 0.717) is 0 Å². The van der Waals surface area contributed by atoms with Crippen molar-refractivity contribution in [3.05, 3.63) is 67.0 Å². The first kappa shape index (κ1) is 18.7. The van der Waals surface area contributed by atoms with Crippen LogP contribution in [0.25, 0.3) is 32.0 Å². The maximum atomic E-state index is 2.37. The van der Waals surface area contributed by atoms with Crippen molar-refractivity contribution in [1.82, 2.24) is 0 Å². The minimum Gasteiger partial charge on any atom is -0.145 e. The van der Waals surface area contributed by atoms with Crippen LogP contribution in [0.2, 0.25) is 0 Å². The van der Waals surface area contributed by atoms with Gasteiger partial charge in [0.05, 0.1) is 0 Å². The predicted molar refractivity (Wildman–Crippen MR) is 125 cm³/mol. The highest BCUT2D eigenvalue weighted by molar-refractivity contribution is 7.20. The van der Waals surface area contributed by atoms with E-state index < -0.39 is 0 Å². The summed E-state index contributed by atoms with van der Waals surface area (Å²) in [7, 11) is 0. The first-order chi connectivity index (χ1) is 12.9. The molecule has 0 N–H and O–H groups in total. The van der Waals surface area contributed by atoms with E-state index in [9.17, 15) is 0 Å². The Morgan fingerprint density at radius 2 is 1.19 bits per heavy atom. The van der Waals surface area contributed by atoms with Gasteiger partial charge < -0.3 is 0 Å². The van der Waals surface area contributed by atoms with Gasteiger partial charge in [-0.05, 0) is 75.9 Å². The average Bonchev–Trinajstić information content (AvgIpc) is 3.23. The summed E-state index contributed by atoms with van der Waals surface area (Å²) in [6, 6.07) is 13.5. The van der Waals surface area contributed by atoms with Crippen molar-refractivity contribution in [3.63, 3.8) is 0 Å². The maximum absolute atomic E-state index is 2.37. The third-order valence-corrected chi connectivity index (χ3v) is 8.42. The fourth-order valence-electron chi connectivity index (χ4n) is 3.85. The topological polar surface area (TPSA) is 0 Å². The van der Waals surface area contributed by atoms with Crippen LogP contribution in [0.4, 0.5) is 0 Å². The van der Waals surface area contributed by atoms with Crippen molar-refractivity contribution in [2.75, 3.05) is 0 Å². The normalized spacial score (nSPS) is 11.3. The Kier molecular flexibility index (Phi) is 4.87. The second-order valence-electron chi connectivity index (χ2n) is 7.23. The number of rotatable bonds is 3. The van der Waals surface area contributed by atoms with E-state index in [1.54, 1.807) is 0 Å². The lowest BCUT2D eigenvalue weighted by molar-refractivity contribution is 1.44. The summed E-state index contributed by atoms with van der Waals surface area (Å²) in [5, 5.41) is 0. The Labute approximate surface area is 174 Å². The van der Waals surface area contributed by atoms with Crippen LogP contribution >= 0.6 is 34.0 Å². The van der Waals surface area contributed by atoms with Crippen LogP contribution in [0.15, 0.2) is 36.4 Å². The zero-order valence-electron chi connectivity index (χ0n) is 16.7. The monoisotopic (exact) mass is 408 g/mol. The molecule has 3 heteroatoms. The van der Waals surface area contributed by atoms with Gasteiger partial charge in [-0.15, -0.1) is 34.0 Å². The van der Waals surface area contributed by atoms with Crippen LogP contribution in [0.1, 0.15) is 30.6 Å². The Bertz CT molecular complexity index is 1130. The Morgan fingerprint density at radius 3 is 1.74 bits per heavy atom. The molecule has 0 nitrogen and oxygen atoms in total. The van der Waals surface area contributed by atoms with E-state index in [-0.39, 0.29) is 0 Å².